The fourth-order valence-corrected chi connectivity index (χ4v) is 3.36. The molecule has 1 spiro atoms. The van der Waals surface area contributed by atoms with E-state index in [-0.39, 0.29) is 5.76 Å². The maximum absolute atomic E-state index is 11.6. The van der Waals surface area contributed by atoms with Gasteiger partial charge in [0.2, 0.25) is 0 Å². The van der Waals surface area contributed by atoms with E-state index in [2.05, 4.69) is 0 Å². The van der Waals surface area contributed by atoms with Crippen molar-refractivity contribution in [2.45, 2.75) is 38.7 Å². The highest BCUT2D eigenvalue weighted by atomic mass is 16.8. The van der Waals surface area contributed by atoms with Gasteiger partial charge in [0.1, 0.15) is 11.9 Å². The highest BCUT2D eigenvalue weighted by molar-refractivity contribution is 5.44. The van der Waals surface area contributed by atoms with E-state index in [9.17, 15) is 30.3 Å². The fourth-order valence-electron chi connectivity index (χ4n) is 3.36. The summed E-state index contributed by atoms with van der Waals surface area (Å²) in [5.74, 6) is -2.27. The van der Waals surface area contributed by atoms with Crippen molar-refractivity contribution < 1.29 is 24.2 Å². The van der Waals surface area contributed by atoms with E-state index in [4.69, 9.17) is 9.47 Å². The summed E-state index contributed by atoms with van der Waals surface area (Å²) in [6.07, 6.45) is 4.05. The number of nitrogens with zero attached hydrogens (tertiary/aromatic N) is 3. The zero-order valence-electron chi connectivity index (χ0n) is 14.6. The number of allylic oxidation sites excluding steroid dienone is 4. The van der Waals surface area contributed by atoms with Crippen LogP contribution in [0, 0.1) is 30.3 Å². The van der Waals surface area contributed by atoms with Gasteiger partial charge in [0.25, 0.3) is 6.04 Å². The summed E-state index contributed by atoms with van der Waals surface area (Å²) in [4.78, 5) is 31.5. The molecule has 1 unspecified atom stereocenters. The van der Waals surface area contributed by atoms with Crippen LogP contribution in [0.15, 0.2) is 58.2 Å². The zero-order valence-corrected chi connectivity index (χ0v) is 14.6. The van der Waals surface area contributed by atoms with Crippen LogP contribution in [0.25, 0.3) is 0 Å². The molecule has 1 fully saturated rings. The standard InChI is InChI=1S/C16H15N3O8/c1-8-4-9(2)14-15(10(3)5-8)27-16(26-14)12(18(22)23)6-11(17(20)21)7-13(16)19(24)25/h4-7,11,14H,1-3H3. The molecule has 27 heavy (non-hydrogen) atoms. The van der Waals surface area contributed by atoms with Crippen LogP contribution < -0.4 is 0 Å². The molecule has 0 amide bonds. The molecule has 1 atom stereocenters. The van der Waals surface area contributed by atoms with Crippen LogP contribution in [0.5, 0.6) is 0 Å². The Morgan fingerprint density at radius 1 is 0.963 bits per heavy atom. The SMILES string of the molecule is CC1=CC(C)=C2OC3(OC2C(C)=C1)C([N+](=O)[O-])=CC([N+](=O)[O-])C=C3[N+](=O)[O-]. The summed E-state index contributed by atoms with van der Waals surface area (Å²) in [7, 11) is 0. The van der Waals surface area contributed by atoms with Crippen LogP contribution in [0.3, 0.4) is 0 Å². The lowest BCUT2D eigenvalue weighted by Gasteiger charge is -2.24. The lowest BCUT2D eigenvalue weighted by molar-refractivity contribution is -0.520. The Morgan fingerprint density at radius 2 is 1.52 bits per heavy atom. The van der Waals surface area contributed by atoms with Crippen molar-refractivity contribution in [2.75, 3.05) is 0 Å². The van der Waals surface area contributed by atoms with Gasteiger partial charge >= 0.3 is 17.2 Å². The Kier molecular flexibility index (Phi) is 4.19. The number of ether oxygens (including phenoxy) is 2. The van der Waals surface area contributed by atoms with Gasteiger partial charge in [-0.1, -0.05) is 17.7 Å². The molecule has 2 aliphatic carbocycles. The van der Waals surface area contributed by atoms with Gasteiger partial charge < -0.3 is 9.47 Å². The molecule has 142 valence electrons. The summed E-state index contributed by atoms with van der Waals surface area (Å²) >= 11 is 0. The molecule has 1 saturated heterocycles. The summed E-state index contributed by atoms with van der Waals surface area (Å²) < 4.78 is 11.5. The summed E-state index contributed by atoms with van der Waals surface area (Å²) in [5, 5.41) is 34.3. The molecule has 0 aromatic heterocycles. The van der Waals surface area contributed by atoms with Gasteiger partial charge in [-0.05, 0) is 31.9 Å². The van der Waals surface area contributed by atoms with E-state index in [1.165, 1.54) is 0 Å². The molecular formula is C16H15N3O8. The molecule has 0 aromatic carbocycles. The predicted octanol–water partition coefficient (Wildman–Crippen LogP) is 2.26. The van der Waals surface area contributed by atoms with Crippen LogP contribution in [-0.2, 0) is 9.47 Å². The minimum atomic E-state index is -2.46. The summed E-state index contributed by atoms with van der Waals surface area (Å²) in [5.41, 5.74) is 0.333. The fraction of sp³-hybridized carbons (Fsp3) is 0.375. The molecule has 0 bridgehead atoms. The molecule has 0 aromatic rings. The van der Waals surface area contributed by atoms with Crippen LogP contribution in [0.1, 0.15) is 20.8 Å². The first-order chi connectivity index (χ1) is 12.6. The van der Waals surface area contributed by atoms with Crippen molar-refractivity contribution >= 4 is 0 Å². The van der Waals surface area contributed by atoms with Crippen LogP contribution in [0.2, 0.25) is 0 Å². The highest BCUT2D eigenvalue weighted by Crippen LogP contribution is 2.48. The third kappa shape index (κ3) is 2.81. The summed E-state index contributed by atoms with van der Waals surface area (Å²) in [6, 6.07) is -1.73. The molecule has 0 N–H and O–H groups in total. The molecule has 1 aliphatic heterocycles. The average molecular weight is 377 g/mol. The molecule has 11 heteroatoms. The maximum Gasteiger partial charge on any atom is 0.397 e. The lowest BCUT2D eigenvalue weighted by atomic mass is 9.99. The van der Waals surface area contributed by atoms with Gasteiger partial charge in [-0.15, -0.1) is 0 Å². The van der Waals surface area contributed by atoms with Crippen molar-refractivity contribution in [1.82, 2.24) is 0 Å². The third-order valence-corrected chi connectivity index (χ3v) is 4.45. The van der Waals surface area contributed by atoms with Crippen molar-refractivity contribution in [3.8, 4) is 0 Å². The first kappa shape index (κ1) is 18.5. The number of nitro groups is 3. The van der Waals surface area contributed by atoms with Gasteiger partial charge in [0, 0.05) is 4.92 Å². The number of hydrogen-bond donors (Lipinski definition) is 0. The number of hydrogen-bond acceptors (Lipinski definition) is 8. The molecule has 0 radical (unpaired) electrons. The highest BCUT2D eigenvalue weighted by Gasteiger charge is 2.66. The molecular weight excluding hydrogens is 362 g/mol. The molecule has 3 rings (SSSR count). The van der Waals surface area contributed by atoms with Crippen molar-refractivity contribution in [1.29, 1.82) is 0 Å². The molecule has 0 saturated carbocycles. The molecule has 11 nitrogen and oxygen atoms in total. The largest absolute Gasteiger partial charge is 0.445 e. The smallest absolute Gasteiger partial charge is 0.397 e. The van der Waals surface area contributed by atoms with Crippen LogP contribution in [-0.4, -0.2) is 32.7 Å². The Hall–Kier alpha value is -3.34. The molecule has 1 heterocycles. The lowest BCUT2D eigenvalue weighted by Crippen LogP contribution is -2.45. The third-order valence-electron chi connectivity index (χ3n) is 4.45. The van der Waals surface area contributed by atoms with E-state index in [1.807, 2.05) is 6.92 Å². The van der Waals surface area contributed by atoms with Gasteiger partial charge in [-0.2, -0.15) is 0 Å². The topological polar surface area (TPSA) is 148 Å². The molecule has 3 aliphatic rings. The van der Waals surface area contributed by atoms with Gasteiger partial charge in [0.05, 0.1) is 22.0 Å². The Balaban J connectivity index is 2.23. The Morgan fingerprint density at radius 3 is 2.00 bits per heavy atom. The zero-order chi connectivity index (χ0) is 20.1. The second-order valence-corrected chi connectivity index (χ2v) is 6.43. The van der Waals surface area contributed by atoms with Gasteiger partial charge in [-0.3, -0.25) is 30.3 Å². The Labute approximate surface area is 152 Å². The predicted molar refractivity (Wildman–Crippen MR) is 89.8 cm³/mol. The van der Waals surface area contributed by atoms with Crippen LogP contribution >= 0.6 is 0 Å². The quantitative estimate of drug-likeness (QED) is 0.537. The minimum Gasteiger partial charge on any atom is -0.445 e. The average Bonchev–Trinajstić information content (AvgIpc) is 2.90. The van der Waals surface area contributed by atoms with Gasteiger partial charge in [-0.25, -0.2) is 0 Å². The van der Waals surface area contributed by atoms with E-state index in [0.717, 1.165) is 5.57 Å². The summed E-state index contributed by atoms with van der Waals surface area (Å²) in [6.45, 7) is 5.24. The van der Waals surface area contributed by atoms with E-state index in [0.29, 0.717) is 23.3 Å². The van der Waals surface area contributed by atoms with Crippen LogP contribution in [0.4, 0.5) is 0 Å². The van der Waals surface area contributed by atoms with Crippen molar-refractivity contribution in [2.24, 2.45) is 0 Å². The first-order valence-corrected chi connectivity index (χ1v) is 7.88. The minimum absolute atomic E-state index is 0.195. The Bertz CT molecular complexity index is 892. The van der Waals surface area contributed by atoms with Crippen molar-refractivity contribution in [3.63, 3.8) is 0 Å². The second-order valence-electron chi connectivity index (χ2n) is 6.43. The number of fused-ring (bicyclic) bond motifs is 1. The maximum atomic E-state index is 11.6. The van der Waals surface area contributed by atoms with E-state index < -0.39 is 44.1 Å². The normalized spacial score (nSPS) is 29.7. The monoisotopic (exact) mass is 377 g/mol. The number of rotatable bonds is 3. The van der Waals surface area contributed by atoms with E-state index >= 15 is 0 Å². The van der Waals surface area contributed by atoms with E-state index in [1.54, 1.807) is 26.0 Å². The van der Waals surface area contributed by atoms with Crippen molar-refractivity contribution in [3.05, 3.63) is 88.5 Å². The second kappa shape index (κ2) is 6.13. The van der Waals surface area contributed by atoms with Gasteiger partial charge in [0.15, 0.2) is 0 Å². The first-order valence-electron chi connectivity index (χ1n) is 7.88.